The quantitative estimate of drug-likeness (QED) is 0.719. The third-order valence-corrected chi connectivity index (χ3v) is 5.12. The van der Waals surface area contributed by atoms with Gasteiger partial charge in [-0.1, -0.05) is 29.8 Å². The van der Waals surface area contributed by atoms with Crippen molar-refractivity contribution in [1.82, 2.24) is 15.4 Å². The van der Waals surface area contributed by atoms with Gasteiger partial charge in [0.1, 0.15) is 24.6 Å². The van der Waals surface area contributed by atoms with Crippen LogP contribution < -0.4 is 16.2 Å². The highest BCUT2D eigenvalue weighted by Gasteiger charge is 2.35. The minimum absolute atomic E-state index is 0.00248. The van der Waals surface area contributed by atoms with E-state index in [-0.39, 0.29) is 17.7 Å². The van der Waals surface area contributed by atoms with Gasteiger partial charge in [0.2, 0.25) is 0 Å². The summed E-state index contributed by atoms with van der Waals surface area (Å²) < 4.78 is 34.3. The Balaban J connectivity index is 1.31. The lowest BCUT2D eigenvalue weighted by atomic mass is 10.1. The fourth-order valence-electron chi connectivity index (χ4n) is 3.55. The summed E-state index contributed by atoms with van der Waals surface area (Å²) in [5.41, 5.74) is 7.95. The van der Waals surface area contributed by atoms with Crippen LogP contribution in [-0.4, -0.2) is 28.7 Å². The van der Waals surface area contributed by atoms with Gasteiger partial charge in [0.05, 0.1) is 11.7 Å². The maximum atomic E-state index is 14.4. The lowest BCUT2D eigenvalue weighted by molar-refractivity contribution is -0.103. The molecule has 0 amide bonds. The summed E-state index contributed by atoms with van der Waals surface area (Å²) in [7, 11) is 0. The van der Waals surface area contributed by atoms with Gasteiger partial charge in [-0.25, -0.2) is 15.4 Å². The molecule has 0 bridgehead atoms. The van der Waals surface area contributed by atoms with E-state index in [2.05, 4.69) is 26.1 Å². The lowest BCUT2D eigenvalue weighted by Crippen LogP contribution is -2.25. The van der Waals surface area contributed by atoms with E-state index in [1.807, 2.05) is 6.92 Å². The lowest BCUT2D eigenvalue weighted by Gasteiger charge is -2.20. The first-order valence-corrected chi connectivity index (χ1v) is 9.17. The molecule has 144 valence electrons. The zero-order chi connectivity index (χ0) is 18.9. The van der Waals surface area contributed by atoms with Crippen molar-refractivity contribution >= 4 is 11.6 Å². The molecule has 2 heterocycles. The number of halogens is 2. The summed E-state index contributed by atoms with van der Waals surface area (Å²) >= 11 is 0. The number of hydrazine groups is 1. The van der Waals surface area contributed by atoms with E-state index in [9.17, 15) is 8.78 Å². The molecule has 1 fully saturated rings. The van der Waals surface area contributed by atoms with Crippen LogP contribution >= 0.6 is 0 Å². The van der Waals surface area contributed by atoms with Crippen molar-refractivity contribution in [3.8, 4) is 0 Å². The minimum Gasteiger partial charge on any atom is -0.371 e. The Morgan fingerprint density at radius 2 is 2.04 bits per heavy atom. The van der Waals surface area contributed by atoms with E-state index in [4.69, 9.17) is 4.74 Å². The monoisotopic (exact) mass is 375 g/mol. The van der Waals surface area contributed by atoms with Crippen LogP contribution in [-0.2, 0) is 17.2 Å². The molecule has 4 rings (SSSR count). The maximum Gasteiger partial charge on any atom is 0.296 e. The van der Waals surface area contributed by atoms with Gasteiger partial charge in [0, 0.05) is 18.2 Å². The highest BCUT2D eigenvalue weighted by Crippen LogP contribution is 2.32. The van der Waals surface area contributed by atoms with E-state index in [1.165, 1.54) is 18.5 Å². The molecule has 8 heteroatoms. The number of nitrogens with zero attached hydrogens (tertiary/aromatic N) is 2. The molecule has 3 N–H and O–H groups in total. The van der Waals surface area contributed by atoms with Crippen LogP contribution in [0.1, 0.15) is 36.0 Å². The highest BCUT2D eigenvalue weighted by atomic mass is 19.3. The maximum absolute atomic E-state index is 14.4. The van der Waals surface area contributed by atoms with E-state index in [0.29, 0.717) is 13.0 Å². The number of fused-ring (bicyclic) bond motifs is 1. The van der Waals surface area contributed by atoms with Crippen molar-refractivity contribution in [2.75, 3.05) is 17.3 Å². The number of alkyl halides is 2. The van der Waals surface area contributed by atoms with Crippen molar-refractivity contribution in [2.45, 2.75) is 50.8 Å². The fraction of sp³-hybridized carbons (Fsp3) is 0.474. The molecule has 0 radical (unpaired) electrons. The van der Waals surface area contributed by atoms with Crippen LogP contribution in [0, 0.1) is 6.92 Å². The van der Waals surface area contributed by atoms with Gasteiger partial charge >= 0.3 is 0 Å². The van der Waals surface area contributed by atoms with Gasteiger partial charge in [-0.15, -0.1) is 0 Å². The van der Waals surface area contributed by atoms with Crippen LogP contribution in [0.4, 0.5) is 20.4 Å². The number of anilines is 2. The minimum atomic E-state index is -2.98. The predicted octanol–water partition coefficient (Wildman–Crippen LogP) is 3.36. The van der Waals surface area contributed by atoms with E-state index < -0.39 is 12.5 Å². The molecule has 1 aromatic heterocycles. The summed E-state index contributed by atoms with van der Waals surface area (Å²) in [6.45, 7) is 1.93. The second kappa shape index (κ2) is 7.36. The fourth-order valence-corrected chi connectivity index (χ4v) is 3.55. The molecule has 1 aliphatic heterocycles. The summed E-state index contributed by atoms with van der Waals surface area (Å²) in [6.07, 6.45) is 3.63. The Bertz CT molecular complexity index is 799. The number of benzene rings is 1. The molecule has 27 heavy (non-hydrogen) atoms. The first-order chi connectivity index (χ1) is 13.0. The topological polar surface area (TPSA) is 71.1 Å². The summed E-state index contributed by atoms with van der Waals surface area (Å²) in [5, 5.41) is 3.41. The van der Waals surface area contributed by atoms with E-state index in [1.54, 1.807) is 12.1 Å². The van der Waals surface area contributed by atoms with Gasteiger partial charge in [-0.3, -0.25) is 0 Å². The Morgan fingerprint density at radius 1 is 1.22 bits per heavy atom. The molecular weight excluding hydrogens is 352 g/mol. The first-order valence-electron chi connectivity index (χ1n) is 9.17. The number of nitrogens with one attached hydrogen (secondary N) is 3. The third kappa shape index (κ3) is 4.01. The number of rotatable bonds is 6. The van der Waals surface area contributed by atoms with Crippen LogP contribution in [0.15, 0.2) is 30.6 Å². The molecule has 1 aliphatic carbocycles. The average Bonchev–Trinajstić information content (AvgIpc) is 3.30. The molecule has 6 nitrogen and oxygen atoms in total. The van der Waals surface area contributed by atoms with Gasteiger partial charge in [-0.2, -0.15) is 8.78 Å². The van der Waals surface area contributed by atoms with E-state index in [0.717, 1.165) is 35.6 Å². The Kier molecular flexibility index (Phi) is 4.92. The summed E-state index contributed by atoms with van der Waals surface area (Å²) in [6, 6.07) is 6.48. The molecule has 2 aliphatic rings. The van der Waals surface area contributed by atoms with Gasteiger partial charge in [0.25, 0.3) is 5.92 Å². The molecule has 2 atom stereocenters. The molecule has 1 unspecified atom stereocenters. The summed E-state index contributed by atoms with van der Waals surface area (Å²) in [5.74, 6) is -1.42. The second-order valence-corrected chi connectivity index (χ2v) is 7.19. The van der Waals surface area contributed by atoms with Gasteiger partial charge in [-0.05, 0) is 26.2 Å². The normalized spacial score (nSPS) is 21.7. The standard InChI is InChI=1S/C19H23F2N5O/c1-12-2-4-13(5-3-12)19(20,21)10-27-15-7-6-14(8-15)25-17-16-9-24-26-18(16)23-11-22-17/h2-5,11,14-15,24H,6-10H2,1H3,(H2,22,23,25,26)/t14?,15-/m1/s1. The predicted molar refractivity (Wildman–Crippen MR) is 98.6 cm³/mol. The van der Waals surface area contributed by atoms with Crippen molar-refractivity contribution in [2.24, 2.45) is 0 Å². The Hall–Kier alpha value is -2.32. The number of hydrogen-bond donors (Lipinski definition) is 3. The molecule has 1 aromatic carbocycles. The second-order valence-electron chi connectivity index (χ2n) is 7.19. The molecular formula is C19H23F2N5O. The Labute approximate surface area is 156 Å². The average molecular weight is 375 g/mol. The SMILES string of the molecule is Cc1ccc(C(F)(F)CO[C@@H]2CCC(Nc3ncnc4c3CNN4)C2)cc1. The number of aryl methyl sites for hydroxylation is 1. The van der Waals surface area contributed by atoms with Crippen molar-refractivity contribution < 1.29 is 13.5 Å². The largest absolute Gasteiger partial charge is 0.371 e. The van der Waals surface area contributed by atoms with Gasteiger partial charge < -0.3 is 15.5 Å². The third-order valence-electron chi connectivity index (χ3n) is 5.12. The molecule has 0 saturated heterocycles. The smallest absolute Gasteiger partial charge is 0.296 e. The zero-order valence-electron chi connectivity index (χ0n) is 15.1. The van der Waals surface area contributed by atoms with Crippen molar-refractivity contribution in [3.05, 3.63) is 47.3 Å². The summed E-state index contributed by atoms with van der Waals surface area (Å²) in [4.78, 5) is 8.48. The van der Waals surface area contributed by atoms with Crippen LogP contribution in [0.25, 0.3) is 0 Å². The van der Waals surface area contributed by atoms with Crippen molar-refractivity contribution in [1.29, 1.82) is 0 Å². The first kappa shape index (κ1) is 18.1. The number of ether oxygens (including phenoxy) is 1. The Morgan fingerprint density at radius 3 is 2.85 bits per heavy atom. The number of aromatic nitrogens is 2. The van der Waals surface area contributed by atoms with E-state index >= 15 is 0 Å². The molecule has 1 saturated carbocycles. The zero-order valence-corrected chi connectivity index (χ0v) is 15.1. The van der Waals surface area contributed by atoms with Gasteiger partial charge in [0.15, 0.2) is 0 Å². The van der Waals surface area contributed by atoms with Crippen LogP contribution in [0.3, 0.4) is 0 Å². The molecule has 2 aromatic rings. The molecule has 0 spiro atoms. The number of hydrogen-bond acceptors (Lipinski definition) is 6. The highest BCUT2D eigenvalue weighted by molar-refractivity contribution is 5.59. The van der Waals surface area contributed by atoms with Crippen LogP contribution in [0.2, 0.25) is 0 Å². The van der Waals surface area contributed by atoms with Crippen molar-refractivity contribution in [3.63, 3.8) is 0 Å². The van der Waals surface area contributed by atoms with Crippen LogP contribution in [0.5, 0.6) is 0 Å².